The monoisotopic (exact) mass is 484 g/mol. The van der Waals surface area contributed by atoms with Crippen molar-refractivity contribution in [3.8, 4) is 0 Å². The van der Waals surface area contributed by atoms with Crippen LogP contribution in [0.25, 0.3) is 0 Å². The maximum absolute atomic E-state index is 13.0. The van der Waals surface area contributed by atoms with E-state index >= 15 is 0 Å². The van der Waals surface area contributed by atoms with Crippen LogP contribution in [0.15, 0.2) is 22.2 Å². The van der Waals surface area contributed by atoms with Gasteiger partial charge in [0.1, 0.15) is 5.02 Å². The average molecular weight is 485 g/mol. The van der Waals surface area contributed by atoms with Crippen LogP contribution >= 0.6 is 11.6 Å². The second-order valence-corrected chi connectivity index (χ2v) is 10.7. The Balaban J connectivity index is 1.42. The van der Waals surface area contributed by atoms with Crippen LogP contribution in [0.3, 0.4) is 0 Å². The number of aromatic nitrogens is 4. The van der Waals surface area contributed by atoms with Crippen LogP contribution in [0, 0.1) is 12.8 Å². The molecule has 2 aromatic heterocycles. The van der Waals surface area contributed by atoms with E-state index in [0.29, 0.717) is 56.3 Å². The summed E-state index contributed by atoms with van der Waals surface area (Å²) >= 11 is 6.36. The zero-order valence-corrected chi connectivity index (χ0v) is 19.9. The van der Waals surface area contributed by atoms with Gasteiger partial charge >= 0.3 is 0 Å². The van der Waals surface area contributed by atoms with E-state index in [1.165, 1.54) is 13.7 Å². The van der Waals surface area contributed by atoms with Crippen molar-refractivity contribution in [2.75, 3.05) is 38.2 Å². The van der Waals surface area contributed by atoms with Gasteiger partial charge in [0, 0.05) is 38.9 Å². The van der Waals surface area contributed by atoms with Gasteiger partial charge in [-0.3, -0.25) is 9.48 Å². The average Bonchev–Trinajstić information content (AvgIpc) is 3.14. The molecule has 4 rings (SSSR count). The molecule has 0 unspecified atom stereocenters. The van der Waals surface area contributed by atoms with Gasteiger partial charge in [0.2, 0.25) is 0 Å². The van der Waals surface area contributed by atoms with Gasteiger partial charge in [-0.15, -0.1) is 0 Å². The first-order valence-corrected chi connectivity index (χ1v) is 12.7. The van der Waals surface area contributed by atoms with Gasteiger partial charge in [0.25, 0.3) is 15.6 Å². The quantitative estimate of drug-likeness (QED) is 0.665. The largest absolute Gasteiger partial charge is 0.382 e. The number of anilines is 1. The third-order valence-electron chi connectivity index (χ3n) is 6.19. The number of ether oxygens (including phenoxy) is 1. The number of hydrogen-bond acceptors (Lipinski definition) is 7. The van der Waals surface area contributed by atoms with E-state index < -0.39 is 10.0 Å². The summed E-state index contributed by atoms with van der Waals surface area (Å²) in [5.41, 5.74) is 0.771. The summed E-state index contributed by atoms with van der Waals surface area (Å²) in [6.07, 6.45) is 6.19. The van der Waals surface area contributed by atoms with Gasteiger partial charge in [-0.25, -0.2) is 13.1 Å². The lowest BCUT2D eigenvalue weighted by Crippen LogP contribution is -2.42. The Morgan fingerprint density at radius 1 is 1.22 bits per heavy atom. The molecule has 12 heteroatoms. The minimum Gasteiger partial charge on any atom is -0.382 e. The van der Waals surface area contributed by atoms with E-state index in [-0.39, 0.29) is 21.6 Å². The first-order chi connectivity index (χ1) is 15.3. The van der Waals surface area contributed by atoms with Crippen molar-refractivity contribution in [2.24, 2.45) is 13.0 Å². The molecule has 4 heterocycles. The van der Waals surface area contributed by atoms with Gasteiger partial charge < -0.3 is 10.1 Å². The summed E-state index contributed by atoms with van der Waals surface area (Å²) in [4.78, 5) is 12.9. The molecule has 0 aliphatic carbocycles. The molecule has 2 aliphatic rings. The van der Waals surface area contributed by atoms with Gasteiger partial charge in [0.05, 0.1) is 30.7 Å². The fraction of sp³-hybridized carbons (Fsp3) is 0.650. The van der Waals surface area contributed by atoms with Crippen LogP contribution in [-0.4, -0.2) is 65.1 Å². The molecular formula is C20H29ClN6O4S. The Hall–Kier alpha value is -1.95. The lowest BCUT2D eigenvalue weighted by molar-refractivity contribution is 0.0595. The van der Waals surface area contributed by atoms with Gasteiger partial charge in [-0.1, -0.05) is 11.6 Å². The Kier molecular flexibility index (Phi) is 6.89. The molecular weight excluding hydrogens is 456 g/mol. The molecule has 1 atom stereocenters. The molecule has 0 aromatic carbocycles. The number of piperidine rings is 1. The second-order valence-electron chi connectivity index (χ2n) is 8.48. The molecule has 0 spiro atoms. The first-order valence-electron chi connectivity index (χ1n) is 10.9. The van der Waals surface area contributed by atoms with Gasteiger partial charge in [-0.05, 0) is 38.5 Å². The summed E-state index contributed by atoms with van der Waals surface area (Å²) in [6.45, 7) is 4.51. The van der Waals surface area contributed by atoms with Crippen molar-refractivity contribution in [1.82, 2.24) is 23.9 Å². The number of rotatable bonds is 6. The minimum atomic E-state index is -3.65. The topological polar surface area (TPSA) is 111 Å². The zero-order valence-electron chi connectivity index (χ0n) is 18.3. The molecule has 176 valence electrons. The number of nitrogens with one attached hydrogen (secondary N) is 1. The highest BCUT2D eigenvalue weighted by atomic mass is 35.5. The van der Waals surface area contributed by atoms with Crippen LogP contribution in [0.1, 0.15) is 37.3 Å². The number of sulfonamides is 1. The fourth-order valence-electron chi connectivity index (χ4n) is 4.41. The van der Waals surface area contributed by atoms with Crippen molar-refractivity contribution in [1.29, 1.82) is 0 Å². The summed E-state index contributed by atoms with van der Waals surface area (Å²) in [7, 11) is -2.03. The van der Waals surface area contributed by atoms with Crippen molar-refractivity contribution in [3.63, 3.8) is 0 Å². The zero-order chi connectivity index (χ0) is 22.9. The number of halogens is 1. The number of nitrogens with zero attached hydrogens (tertiary/aromatic N) is 5. The standard InChI is InChI=1S/C20H29ClN6O4S/c1-14-10-23-25(2)20(14)32(29,30)26-7-5-16(6-8-26)27-19(28)18(21)17(12-24-27)22-11-15-4-3-9-31-13-15/h10,12,15-16,22H,3-9,11,13H2,1-2H3/t15-/m1/s1. The third-order valence-corrected chi connectivity index (χ3v) is 8.67. The van der Waals surface area contributed by atoms with Crippen molar-refractivity contribution in [3.05, 3.63) is 33.3 Å². The fourth-order valence-corrected chi connectivity index (χ4v) is 6.39. The Morgan fingerprint density at radius 2 is 1.97 bits per heavy atom. The van der Waals surface area contributed by atoms with Crippen molar-refractivity contribution >= 4 is 27.3 Å². The van der Waals surface area contributed by atoms with Crippen LogP contribution in [0.2, 0.25) is 5.02 Å². The van der Waals surface area contributed by atoms with E-state index in [1.807, 2.05) is 0 Å². The third kappa shape index (κ3) is 4.57. The molecule has 10 nitrogen and oxygen atoms in total. The minimum absolute atomic E-state index is 0.109. The molecule has 2 fully saturated rings. The molecule has 2 saturated heterocycles. The van der Waals surface area contributed by atoms with E-state index in [0.717, 1.165) is 19.4 Å². The lowest BCUT2D eigenvalue weighted by Gasteiger charge is -2.31. The summed E-state index contributed by atoms with van der Waals surface area (Å²) in [5, 5.41) is 11.9. The lowest BCUT2D eigenvalue weighted by atomic mass is 10.0. The number of hydrogen-bond donors (Lipinski definition) is 1. The smallest absolute Gasteiger partial charge is 0.287 e. The maximum atomic E-state index is 13.0. The predicted octanol–water partition coefficient (Wildman–Crippen LogP) is 1.80. The normalized spacial score (nSPS) is 21.0. The molecule has 2 aromatic rings. The van der Waals surface area contributed by atoms with Crippen molar-refractivity contribution in [2.45, 2.75) is 43.7 Å². The molecule has 0 saturated carbocycles. The highest BCUT2D eigenvalue weighted by Crippen LogP contribution is 2.28. The second kappa shape index (κ2) is 9.50. The Morgan fingerprint density at radius 3 is 2.59 bits per heavy atom. The first kappa shape index (κ1) is 23.2. The highest BCUT2D eigenvalue weighted by Gasteiger charge is 2.34. The highest BCUT2D eigenvalue weighted by molar-refractivity contribution is 7.89. The van der Waals surface area contributed by atoms with Crippen LogP contribution in [0.5, 0.6) is 0 Å². The van der Waals surface area contributed by atoms with E-state index in [9.17, 15) is 13.2 Å². The predicted molar refractivity (Wildman–Crippen MR) is 121 cm³/mol. The molecule has 1 N–H and O–H groups in total. The van der Waals surface area contributed by atoms with E-state index in [2.05, 4.69) is 15.5 Å². The van der Waals surface area contributed by atoms with Gasteiger partial charge in [0.15, 0.2) is 5.03 Å². The SMILES string of the molecule is Cc1cnn(C)c1S(=O)(=O)N1CCC(n2ncc(NC[C@H]3CCCOC3)c(Cl)c2=O)CC1. The van der Waals surface area contributed by atoms with E-state index in [1.54, 1.807) is 26.4 Å². The summed E-state index contributed by atoms with van der Waals surface area (Å²) in [5.74, 6) is 0.386. The maximum Gasteiger partial charge on any atom is 0.287 e. The van der Waals surface area contributed by atoms with Crippen LogP contribution in [0.4, 0.5) is 5.69 Å². The molecule has 2 aliphatic heterocycles. The van der Waals surface area contributed by atoms with Crippen molar-refractivity contribution < 1.29 is 13.2 Å². The molecule has 32 heavy (non-hydrogen) atoms. The van der Waals surface area contributed by atoms with Crippen LogP contribution in [-0.2, 0) is 21.8 Å². The van der Waals surface area contributed by atoms with Gasteiger partial charge in [-0.2, -0.15) is 14.5 Å². The summed E-state index contributed by atoms with van der Waals surface area (Å²) in [6, 6.07) is -0.208. The van der Waals surface area contributed by atoms with Crippen LogP contribution < -0.4 is 10.9 Å². The molecule has 0 bridgehead atoms. The molecule has 0 radical (unpaired) electrons. The van der Waals surface area contributed by atoms with E-state index in [4.69, 9.17) is 16.3 Å². The Labute approximate surface area is 192 Å². The summed E-state index contributed by atoms with van der Waals surface area (Å²) < 4.78 is 35.8. The number of aryl methyl sites for hydroxylation is 2. The molecule has 0 amide bonds. The Bertz CT molecular complexity index is 1100.